The fourth-order valence-electron chi connectivity index (χ4n) is 0.790. The van der Waals surface area contributed by atoms with Gasteiger partial charge in [0, 0.05) is 16.6 Å². The van der Waals surface area contributed by atoms with E-state index in [1.54, 1.807) is 11.3 Å². The standard InChI is InChI=1S/C7H10BrNS/c1-5(8)3-7-4-10-6(2)9-7/h4-5H,3H2,1-2H3. The van der Waals surface area contributed by atoms with Crippen molar-refractivity contribution >= 4 is 27.3 Å². The van der Waals surface area contributed by atoms with Gasteiger partial charge in [0.2, 0.25) is 0 Å². The zero-order valence-corrected chi connectivity index (χ0v) is 8.50. The minimum absolute atomic E-state index is 0.536. The molecule has 0 aromatic carbocycles. The predicted octanol–water partition coefficient (Wildman–Crippen LogP) is 2.78. The van der Waals surface area contributed by atoms with Gasteiger partial charge in [-0.25, -0.2) is 4.98 Å². The lowest BCUT2D eigenvalue weighted by atomic mass is 10.3. The van der Waals surface area contributed by atoms with E-state index < -0.39 is 0 Å². The fraction of sp³-hybridized carbons (Fsp3) is 0.571. The summed E-state index contributed by atoms with van der Waals surface area (Å²) in [4.78, 5) is 4.88. The number of aromatic nitrogens is 1. The summed E-state index contributed by atoms with van der Waals surface area (Å²) in [5, 5.41) is 3.27. The van der Waals surface area contributed by atoms with E-state index >= 15 is 0 Å². The molecule has 0 saturated heterocycles. The third-order valence-corrected chi connectivity index (χ3v) is 2.30. The Bertz CT molecular complexity index is 207. The molecule has 1 heterocycles. The zero-order chi connectivity index (χ0) is 7.56. The molecule has 0 N–H and O–H groups in total. The van der Waals surface area contributed by atoms with Gasteiger partial charge in [-0.1, -0.05) is 22.9 Å². The van der Waals surface area contributed by atoms with Crippen LogP contribution in [-0.2, 0) is 6.42 Å². The van der Waals surface area contributed by atoms with Crippen LogP contribution in [0, 0.1) is 6.92 Å². The minimum atomic E-state index is 0.536. The van der Waals surface area contributed by atoms with Gasteiger partial charge in [-0.3, -0.25) is 0 Å². The van der Waals surface area contributed by atoms with Gasteiger partial charge in [-0.05, 0) is 6.92 Å². The maximum atomic E-state index is 4.34. The van der Waals surface area contributed by atoms with Crippen molar-refractivity contribution in [2.45, 2.75) is 25.1 Å². The maximum Gasteiger partial charge on any atom is 0.0897 e. The first-order valence-electron chi connectivity index (χ1n) is 3.23. The van der Waals surface area contributed by atoms with E-state index in [-0.39, 0.29) is 0 Å². The lowest BCUT2D eigenvalue weighted by Crippen LogP contribution is -1.95. The molecule has 0 saturated carbocycles. The van der Waals surface area contributed by atoms with E-state index in [1.807, 2.05) is 6.92 Å². The molecule has 1 rings (SSSR count). The number of hydrogen-bond donors (Lipinski definition) is 0. The van der Waals surface area contributed by atoms with Gasteiger partial charge in [-0.15, -0.1) is 11.3 Å². The van der Waals surface area contributed by atoms with Crippen LogP contribution in [0.4, 0.5) is 0 Å². The second kappa shape index (κ2) is 3.49. The maximum absolute atomic E-state index is 4.34. The Hall–Kier alpha value is 0.110. The van der Waals surface area contributed by atoms with E-state index in [1.165, 1.54) is 5.69 Å². The van der Waals surface area contributed by atoms with Crippen molar-refractivity contribution in [3.63, 3.8) is 0 Å². The summed E-state index contributed by atoms with van der Waals surface area (Å²) >= 11 is 5.20. The van der Waals surface area contributed by atoms with Gasteiger partial charge in [0.05, 0.1) is 10.7 Å². The first kappa shape index (κ1) is 8.21. The summed E-state index contributed by atoms with van der Waals surface area (Å²) in [5.74, 6) is 0. The van der Waals surface area contributed by atoms with Gasteiger partial charge in [0.1, 0.15) is 0 Å². The number of nitrogens with zero attached hydrogens (tertiary/aromatic N) is 1. The molecule has 0 bridgehead atoms. The third kappa shape index (κ3) is 2.39. The Morgan fingerprint density at radius 3 is 2.90 bits per heavy atom. The number of thiazole rings is 1. The predicted molar refractivity (Wildman–Crippen MR) is 48.9 cm³/mol. The third-order valence-electron chi connectivity index (χ3n) is 1.16. The molecular formula is C7H10BrNS. The van der Waals surface area contributed by atoms with Gasteiger partial charge in [-0.2, -0.15) is 0 Å². The Morgan fingerprint density at radius 2 is 2.50 bits per heavy atom. The SMILES string of the molecule is Cc1nc(CC(C)Br)cs1. The van der Waals surface area contributed by atoms with E-state index in [0.717, 1.165) is 11.4 Å². The monoisotopic (exact) mass is 219 g/mol. The van der Waals surface area contributed by atoms with E-state index in [2.05, 4.69) is 33.2 Å². The first-order chi connectivity index (χ1) is 4.68. The molecule has 3 heteroatoms. The van der Waals surface area contributed by atoms with Crippen molar-refractivity contribution in [1.29, 1.82) is 0 Å². The molecule has 0 aliphatic carbocycles. The highest BCUT2D eigenvalue weighted by Gasteiger charge is 2.01. The summed E-state index contributed by atoms with van der Waals surface area (Å²) in [6.45, 7) is 4.17. The van der Waals surface area contributed by atoms with Gasteiger partial charge >= 0.3 is 0 Å². The smallest absolute Gasteiger partial charge is 0.0897 e. The minimum Gasteiger partial charge on any atom is -0.247 e. The number of rotatable bonds is 2. The van der Waals surface area contributed by atoms with Crippen LogP contribution in [0.3, 0.4) is 0 Å². The molecule has 56 valence electrons. The topological polar surface area (TPSA) is 12.9 Å². The summed E-state index contributed by atoms with van der Waals surface area (Å²) in [7, 11) is 0. The van der Waals surface area contributed by atoms with Crippen LogP contribution in [0.15, 0.2) is 5.38 Å². The molecule has 0 amide bonds. The van der Waals surface area contributed by atoms with Gasteiger partial charge in [0.15, 0.2) is 0 Å². The lowest BCUT2D eigenvalue weighted by Gasteiger charge is -1.96. The number of hydrogen-bond acceptors (Lipinski definition) is 2. The van der Waals surface area contributed by atoms with Crippen LogP contribution in [0.5, 0.6) is 0 Å². The summed E-state index contributed by atoms with van der Waals surface area (Å²) < 4.78 is 0. The molecule has 1 aromatic heterocycles. The Labute approximate surface area is 73.6 Å². The van der Waals surface area contributed by atoms with E-state index in [9.17, 15) is 0 Å². The lowest BCUT2D eigenvalue weighted by molar-refractivity contribution is 0.920. The normalized spacial score (nSPS) is 13.5. The molecule has 0 spiro atoms. The summed E-state index contributed by atoms with van der Waals surface area (Å²) in [5.41, 5.74) is 1.20. The Kier molecular flexibility index (Phi) is 2.86. The number of alkyl halides is 1. The second-order valence-electron chi connectivity index (χ2n) is 2.34. The van der Waals surface area contributed by atoms with Crippen molar-refractivity contribution in [3.05, 3.63) is 16.1 Å². The largest absolute Gasteiger partial charge is 0.247 e. The van der Waals surface area contributed by atoms with Crippen LogP contribution in [0.2, 0.25) is 0 Å². The average molecular weight is 220 g/mol. The number of halogens is 1. The number of aryl methyl sites for hydroxylation is 1. The summed E-state index contributed by atoms with van der Waals surface area (Å²) in [6.07, 6.45) is 1.03. The average Bonchev–Trinajstić information content (AvgIpc) is 2.13. The highest BCUT2D eigenvalue weighted by Crippen LogP contribution is 2.12. The molecule has 10 heavy (non-hydrogen) atoms. The van der Waals surface area contributed by atoms with Crippen LogP contribution in [0.1, 0.15) is 17.6 Å². The Morgan fingerprint density at radius 1 is 1.80 bits per heavy atom. The summed E-state index contributed by atoms with van der Waals surface area (Å²) in [6, 6.07) is 0. The molecule has 1 nitrogen and oxygen atoms in total. The van der Waals surface area contributed by atoms with E-state index in [4.69, 9.17) is 0 Å². The zero-order valence-electron chi connectivity index (χ0n) is 6.10. The highest BCUT2D eigenvalue weighted by molar-refractivity contribution is 9.09. The second-order valence-corrected chi connectivity index (χ2v) is 4.97. The first-order valence-corrected chi connectivity index (χ1v) is 5.03. The van der Waals surface area contributed by atoms with Crippen LogP contribution >= 0.6 is 27.3 Å². The van der Waals surface area contributed by atoms with Crippen LogP contribution < -0.4 is 0 Å². The van der Waals surface area contributed by atoms with Crippen molar-refractivity contribution in [1.82, 2.24) is 4.98 Å². The fourth-order valence-corrected chi connectivity index (χ4v) is 1.75. The molecule has 1 aromatic rings. The quantitative estimate of drug-likeness (QED) is 0.698. The van der Waals surface area contributed by atoms with E-state index in [0.29, 0.717) is 4.83 Å². The van der Waals surface area contributed by atoms with Gasteiger partial charge in [0.25, 0.3) is 0 Å². The molecule has 0 radical (unpaired) electrons. The van der Waals surface area contributed by atoms with Crippen molar-refractivity contribution < 1.29 is 0 Å². The van der Waals surface area contributed by atoms with Crippen LogP contribution in [0.25, 0.3) is 0 Å². The molecule has 1 atom stereocenters. The van der Waals surface area contributed by atoms with Crippen molar-refractivity contribution in [3.8, 4) is 0 Å². The molecular weight excluding hydrogens is 210 g/mol. The molecule has 0 aliphatic rings. The molecule has 1 unspecified atom stereocenters. The Balaban J connectivity index is 2.58. The highest BCUT2D eigenvalue weighted by atomic mass is 79.9. The van der Waals surface area contributed by atoms with Gasteiger partial charge < -0.3 is 0 Å². The van der Waals surface area contributed by atoms with Crippen molar-refractivity contribution in [2.75, 3.05) is 0 Å². The van der Waals surface area contributed by atoms with Crippen molar-refractivity contribution in [2.24, 2.45) is 0 Å². The molecule has 0 fully saturated rings. The van der Waals surface area contributed by atoms with Crippen LogP contribution in [-0.4, -0.2) is 9.81 Å². The molecule has 0 aliphatic heterocycles.